The fourth-order valence-electron chi connectivity index (χ4n) is 4.94. The van der Waals surface area contributed by atoms with Crippen molar-refractivity contribution in [3.05, 3.63) is 18.2 Å². The summed E-state index contributed by atoms with van der Waals surface area (Å²) in [6.07, 6.45) is 2.42. The first kappa shape index (κ1) is 39.3. The summed E-state index contributed by atoms with van der Waals surface area (Å²) in [5.41, 5.74) is 5.75. The van der Waals surface area contributed by atoms with Crippen LogP contribution in [0.15, 0.2) is 12.5 Å². The van der Waals surface area contributed by atoms with Crippen LogP contribution in [0.4, 0.5) is 0 Å². The lowest BCUT2D eigenvalue weighted by Crippen LogP contribution is -2.61. The van der Waals surface area contributed by atoms with Crippen LogP contribution in [-0.2, 0) is 48.8 Å². The summed E-state index contributed by atoms with van der Waals surface area (Å²) in [7, 11) is -3.70. The van der Waals surface area contributed by atoms with Gasteiger partial charge in [-0.1, -0.05) is 13.8 Å². The Morgan fingerprint density at radius 3 is 2.21 bits per heavy atom. The quantitative estimate of drug-likeness (QED) is 0.0748. The summed E-state index contributed by atoms with van der Waals surface area (Å²) < 4.78 is 20.9. The highest BCUT2D eigenvalue weighted by atomic mass is 31.2. The van der Waals surface area contributed by atoms with Crippen LogP contribution in [0.2, 0.25) is 0 Å². The lowest BCUT2D eigenvalue weighted by molar-refractivity contribution is -0.139. The van der Waals surface area contributed by atoms with Gasteiger partial charge >= 0.3 is 7.82 Å². The monoisotopic (exact) mass is 688 g/mol. The second-order valence-electron chi connectivity index (χ2n) is 11.5. The third kappa shape index (κ3) is 12.0. The van der Waals surface area contributed by atoms with Gasteiger partial charge < -0.3 is 46.9 Å². The van der Waals surface area contributed by atoms with Crippen molar-refractivity contribution in [2.75, 3.05) is 20.3 Å². The highest BCUT2D eigenvalue weighted by Crippen LogP contribution is 2.43. The number of rotatable bonds is 18. The molecule has 1 aliphatic heterocycles. The zero-order chi connectivity index (χ0) is 35.5. The van der Waals surface area contributed by atoms with Gasteiger partial charge in [-0.15, -0.1) is 0 Å². The summed E-state index contributed by atoms with van der Waals surface area (Å²) >= 11 is 0. The number of amides is 6. The minimum absolute atomic E-state index is 0.0610. The first-order chi connectivity index (χ1) is 22.0. The molecule has 9 N–H and O–H groups in total. The van der Waals surface area contributed by atoms with E-state index in [1.165, 1.54) is 24.3 Å². The fourth-order valence-corrected chi connectivity index (χ4v) is 5.57. The minimum Gasteiger partial charge on any atom is -0.394 e. The Balaban J connectivity index is 2.23. The Morgan fingerprint density at radius 2 is 1.68 bits per heavy atom. The number of aliphatic hydroxyl groups excluding tert-OH is 1. The minimum atomic E-state index is -4.59. The van der Waals surface area contributed by atoms with Crippen LogP contribution in [0.25, 0.3) is 0 Å². The van der Waals surface area contributed by atoms with E-state index in [0.29, 0.717) is 25.1 Å². The molecule has 0 aromatic carbocycles. The number of imidazole rings is 1. The van der Waals surface area contributed by atoms with Gasteiger partial charge in [0.25, 0.3) is 0 Å². The summed E-state index contributed by atoms with van der Waals surface area (Å²) in [5, 5.41) is 19.7. The second-order valence-corrected chi connectivity index (χ2v) is 13.0. The van der Waals surface area contributed by atoms with E-state index in [1.54, 1.807) is 0 Å². The number of nitrogens with one attached hydrogen (secondary N) is 5. The molecule has 264 valence electrons. The van der Waals surface area contributed by atoms with Gasteiger partial charge in [-0.25, -0.2) is 9.55 Å². The van der Waals surface area contributed by atoms with Crippen LogP contribution in [0, 0.1) is 5.92 Å². The molecule has 1 aromatic heterocycles. The van der Waals surface area contributed by atoms with Crippen LogP contribution in [0.1, 0.15) is 52.7 Å². The van der Waals surface area contributed by atoms with Crippen molar-refractivity contribution in [1.82, 2.24) is 36.1 Å². The Labute approximate surface area is 271 Å². The summed E-state index contributed by atoms with van der Waals surface area (Å²) in [4.78, 5) is 94.9. The van der Waals surface area contributed by atoms with Gasteiger partial charge in [0.1, 0.15) is 30.2 Å². The number of H-pyrrole nitrogens is 1. The Kier molecular flexibility index (Phi) is 14.9. The SMILES string of the molecule is COP(=O)(O)O[C@H](C)[C@H](NC(=O)[C@H](CO)NC(=O)[C@H](Cc1cnc[nH]1)NC(=O)[C@H](CC(C)C)NC(=O)C1CCCN1C(C)=O)C(N)=O. The summed E-state index contributed by atoms with van der Waals surface area (Å²) in [6.45, 7) is 5.66. The molecule has 1 saturated heterocycles. The van der Waals surface area contributed by atoms with Crippen LogP contribution in [0.5, 0.6) is 0 Å². The van der Waals surface area contributed by atoms with Crippen LogP contribution >= 0.6 is 7.82 Å². The van der Waals surface area contributed by atoms with Crippen molar-refractivity contribution in [1.29, 1.82) is 0 Å². The number of nitrogens with two attached hydrogens (primary N) is 1. The molecule has 47 heavy (non-hydrogen) atoms. The van der Waals surface area contributed by atoms with Gasteiger partial charge in [-0.2, -0.15) is 0 Å². The molecule has 20 heteroatoms. The number of phosphoric ester groups is 1. The van der Waals surface area contributed by atoms with E-state index < -0.39 is 80.3 Å². The number of aromatic amines is 1. The average molecular weight is 689 g/mol. The maximum Gasteiger partial charge on any atom is 0.472 e. The van der Waals surface area contributed by atoms with Gasteiger partial charge in [0.2, 0.25) is 35.4 Å². The number of aliphatic hydroxyl groups is 1. The van der Waals surface area contributed by atoms with Gasteiger partial charge in [0, 0.05) is 38.9 Å². The molecule has 2 unspecified atom stereocenters. The van der Waals surface area contributed by atoms with Crippen LogP contribution in [0.3, 0.4) is 0 Å². The molecule has 0 aliphatic carbocycles. The molecular weight excluding hydrogens is 643 g/mol. The molecule has 7 atom stereocenters. The highest BCUT2D eigenvalue weighted by Gasteiger charge is 2.37. The van der Waals surface area contributed by atoms with Crippen molar-refractivity contribution in [3.8, 4) is 0 Å². The Bertz CT molecular complexity index is 1310. The standard InChI is InChI=1S/C27H45N8O11P/c1-14(2)9-18(32-27(42)21-7-6-8-35(21)16(4)37)24(39)31-19(10-17-11-29-13-30-17)25(40)33-20(12-36)26(41)34-22(23(28)38)15(3)46-47(43,44)45-5/h11,13-15,18-22,36H,6-10,12H2,1-5H3,(H2,28,38)(H,29,30)(H,31,39)(H,32,42)(H,33,40)(H,34,41)(H,43,44)/t15-,18+,19+,20+,21?,22+/m1/s1. The average Bonchev–Trinajstić information content (AvgIpc) is 3.69. The van der Waals surface area contributed by atoms with Crippen LogP contribution in [-0.4, -0.2) is 117 Å². The number of likely N-dealkylation sites (tertiary alicyclic amines) is 1. The molecular formula is C27H45N8O11P. The molecule has 1 aromatic rings. The zero-order valence-electron chi connectivity index (χ0n) is 26.9. The molecule has 0 bridgehead atoms. The van der Waals surface area contributed by atoms with E-state index in [2.05, 4.69) is 35.8 Å². The number of carbonyl (C=O) groups excluding carboxylic acids is 6. The summed E-state index contributed by atoms with van der Waals surface area (Å²) in [6, 6.07) is -6.53. The normalized spacial score (nSPS) is 19.1. The molecule has 1 aliphatic rings. The maximum absolute atomic E-state index is 13.6. The lowest BCUT2D eigenvalue weighted by atomic mass is 10.0. The van der Waals surface area contributed by atoms with E-state index in [4.69, 9.17) is 10.3 Å². The van der Waals surface area contributed by atoms with Gasteiger partial charge in [-0.3, -0.25) is 37.8 Å². The van der Waals surface area contributed by atoms with Crippen molar-refractivity contribution in [3.63, 3.8) is 0 Å². The fraction of sp³-hybridized carbons (Fsp3) is 0.667. The third-order valence-electron chi connectivity index (χ3n) is 7.33. The number of primary amides is 1. The molecule has 0 saturated carbocycles. The van der Waals surface area contributed by atoms with Crippen molar-refractivity contribution in [2.45, 2.75) is 89.7 Å². The molecule has 2 rings (SSSR count). The predicted molar refractivity (Wildman–Crippen MR) is 164 cm³/mol. The van der Waals surface area contributed by atoms with E-state index >= 15 is 0 Å². The molecule has 19 nitrogen and oxygen atoms in total. The smallest absolute Gasteiger partial charge is 0.394 e. The predicted octanol–water partition coefficient (Wildman–Crippen LogP) is -2.42. The lowest BCUT2D eigenvalue weighted by Gasteiger charge is -2.28. The maximum atomic E-state index is 13.6. The number of phosphoric acid groups is 1. The van der Waals surface area contributed by atoms with Gasteiger partial charge in [0.15, 0.2) is 0 Å². The second kappa shape index (κ2) is 17.9. The van der Waals surface area contributed by atoms with Crippen molar-refractivity contribution in [2.24, 2.45) is 11.7 Å². The topological polar surface area (TPSA) is 284 Å². The van der Waals surface area contributed by atoms with E-state index in [9.17, 15) is 43.3 Å². The Hall–Kier alpha value is -3.90. The number of aromatic nitrogens is 2. The number of hydrogen-bond acceptors (Lipinski definition) is 11. The number of hydrogen-bond donors (Lipinski definition) is 8. The highest BCUT2D eigenvalue weighted by molar-refractivity contribution is 7.47. The van der Waals surface area contributed by atoms with E-state index in [-0.39, 0.29) is 24.7 Å². The summed E-state index contributed by atoms with van der Waals surface area (Å²) in [5.74, 6) is -4.72. The number of carbonyl (C=O) groups is 6. The molecule has 1 fully saturated rings. The van der Waals surface area contributed by atoms with Gasteiger partial charge in [0.05, 0.1) is 19.0 Å². The van der Waals surface area contributed by atoms with Gasteiger partial charge in [-0.05, 0) is 32.1 Å². The largest absolute Gasteiger partial charge is 0.472 e. The first-order valence-corrected chi connectivity index (χ1v) is 16.4. The molecule has 2 heterocycles. The number of nitrogens with zero attached hydrogens (tertiary/aromatic N) is 2. The zero-order valence-corrected chi connectivity index (χ0v) is 27.8. The first-order valence-electron chi connectivity index (χ1n) is 14.9. The third-order valence-corrected chi connectivity index (χ3v) is 8.39. The molecule has 0 radical (unpaired) electrons. The Morgan fingerprint density at radius 1 is 1.06 bits per heavy atom. The van der Waals surface area contributed by atoms with Crippen LogP contribution < -0.4 is 27.0 Å². The molecule has 6 amide bonds. The van der Waals surface area contributed by atoms with E-state index in [0.717, 1.165) is 14.0 Å². The molecule has 0 spiro atoms. The van der Waals surface area contributed by atoms with Crippen molar-refractivity contribution >= 4 is 43.3 Å². The van der Waals surface area contributed by atoms with E-state index in [1.807, 2.05) is 13.8 Å². The van der Waals surface area contributed by atoms with Crippen molar-refractivity contribution < 1.29 is 52.4 Å².